The van der Waals surface area contributed by atoms with E-state index in [4.69, 9.17) is 9.72 Å². The lowest BCUT2D eigenvalue weighted by Gasteiger charge is -2.36. The second kappa shape index (κ2) is 8.42. The normalized spacial score (nSPS) is 20.6. The molecule has 1 aliphatic heterocycles. The third-order valence-electron chi connectivity index (χ3n) is 7.38. The summed E-state index contributed by atoms with van der Waals surface area (Å²) in [6.45, 7) is 7.56. The zero-order valence-electron chi connectivity index (χ0n) is 20.7. The Balaban J connectivity index is 1.83. The number of nitrogens with one attached hydrogen (secondary N) is 1. The summed E-state index contributed by atoms with van der Waals surface area (Å²) in [7, 11) is 0. The smallest absolute Gasteiger partial charge is 0.335 e. The number of nitrogens with zero attached hydrogens (tertiary/aromatic N) is 4. The molecular formula is C27H28FN5O3. The number of fused-ring (bicyclic) bond motifs is 2. The molecule has 1 aliphatic rings. The minimum absolute atomic E-state index is 0.136. The van der Waals surface area contributed by atoms with Crippen LogP contribution in [0.2, 0.25) is 0 Å². The van der Waals surface area contributed by atoms with Gasteiger partial charge in [-0.2, -0.15) is 10.4 Å². The first-order valence-electron chi connectivity index (χ1n) is 12.0. The number of carboxylic acid groups (broad SMARTS) is 1. The van der Waals surface area contributed by atoms with Crippen LogP contribution in [0, 0.1) is 24.1 Å². The van der Waals surface area contributed by atoms with E-state index in [0.29, 0.717) is 24.1 Å². The van der Waals surface area contributed by atoms with Crippen LogP contribution in [0.15, 0.2) is 30.5 Å². The highest BCUT2D eigenvalue weighted by Gasteiger charge is 2.42. The van der Waals surface area contributed by atoms with E-state index in [1.165, 1.54) is 6.07 Å². The molecule has 4 heterocycles. The van der Waals surface area contributed by atoms with E-state index in [-0.39, 0.29) is 24.8 Å². The van der Waals surface area contributed by atoms with E-state index in [0.717, 1.165) is 33.4 Å². The van der Waals surface area contributed by atoms with Crippen molar-refractivity contribution in [3.63, 3.8) is 0 Å². The maximum absolute atomic E-state index is 14.2. The lowest BCUT2D eigenvalue weighted by Crippen LogP contribution is -2.43. The first kappa shape index (κ1) is 23.9. The van der Waals surface area contributed by atoms with E-state index >= 15 is 0 Å². The molecule has 186 valence electrons. The molecule has 1 saturated heterocycles. The fourth-order valence-electron chi connectivity index (χ4n) is 5.25. The SMILES string of the molecule is Cc1cc(-n2c(C(C)(C)CC#N)c([C@@H]3CC[C@@](C)(C(=O)O)OC3)c3nc4[nH]ncc4cc32)ccc1F. The summed E-state index contributed by atoms with van der Waals surface area (Å²) >= 11 is 0. The van der Waals surface area contributed by atoms with Crippen molar-refractivity contribution in [3.8, 4) is 11.8 Å². The molecule has 0 bridgehead atoms. The number of benzene rings is 1. The summed E-state index contributed by atoms with van der Waals surface area (Å²) in [5.41, 5.74) is 3.45. The van der Waals surface area contributed by atoms with Crippen LogP contribution in [0.25, 0.3) is 27.8 Å². The number of carbonyl (C=O) groups is 1. The van der Waals surface area contributed by atoms with Crippen molar-refractivity contribution in [1.82, 2.24) is 19.7 Å². The Morgan fingerprint density at radius 2 is 2.19 bits per heavy atom. The van der Waals surface area contributed by atoms with Gasteiger partial charge in [-0.25, -0.2) is 14.2 Å². The predicted molar refractivity (Wildman–Crippen MR) is 133 cm³/mol. The second-order valence-corrected chi connectivity index (χ2v) is 10.5. The molecule has 8 nitrogen and oxygen atoms in total. The number of aromatic nitrogens is 4. The van der Waals surface area contributed by atoms with Crippen LogP contribution >= 0.6 is 0 Å². The van der Waals surface area contributed by atoms with Crippen molar-refractivity contribution in [2.75, 3.05) is 6.61 Å². The van der Waals surface area contributed by atoms with Crippen LogP contribution < -0.4 is 0 Å². The number of pyridine rings is 1. The molecule has 0 radical (unpaired) electrons. The standard InChI is InChI=1S/C27H28FN5O3/c1-15-11-18(5-6-19(15)28)33-20-12-17-13-30-32-24(17)31-22(20)21(23(33)26(2,3)9-10-29)16-7-8-27(4,25(34)35)36-14-16/h5-6,11-13,16H,7-9,14H2,1-4H3,(H,34,35)(H,30,31,32)/t16-,27+/m1/s1. The first-order valence-corrected chi connectivity index (χ1v) is 12.0. The van der Waals surface area contributed by atoms with Gasteiger partial charge in [-0.05, 0) is 56.5 Å². The highest BCUT2D eigenvalue weighted by atomic mass is 19.1. The van der Waals surface area contributed by atoms with Gasteiger partial charge < -0.3 is 14.4 Å². The molecule has 4 aromatic rings. The van der Waals surface area contributed by atoms with E-state index in [9.17, 15) is 19.6 Å². The molecule has 9 heteroatoms. The van der Waals surface area contributed by atoms with Crippen LogP contribution in [-0.2, 0) is 14.9 Å². The van der Waals surface area contributed by atoms with Crippen LogP contribution in [0.4, 0.5) is 4.39 Å². The average molecular weight is 490 g/mol. The highest BCUT2D eigenvalue weighted by molar-refractivity contribution is 5.94. The van der Waals surface area contributed by atoms with Crippen LogP contribution in [0.1, 0.15) is 62.8 Å². The van der Waals surface area contributed by atoms with Crippen molar-refractivity contribution < 1.29 is 19.0 Å². The Bertz CT molecular complexity index is 1540. The number of carboxylic acids is 1. The molecular weight excluding hydrogens is 461 g/mol. The van der Waals surface area contributed by atoms with E-state index in [1.807, 2.05) is 19.9 Å². The zero-order valence-corrected chi connectivity index (χ0v) is 20.7. The molecule has 1 aromatic carbocycles. The number of aromatic amines is 1. The van der Waals surface area contributed by atoms with Gasteiger partial charge in [0.25, 0.3) is 0 Å². The van der Waals surface area contributed by atoms with Crippen LogP contribution in [-0.4, -0.2) is 43.0 Å². The van der Waals surface area contributed by atoms with Gasteiger partial charge in [-0.1, -0.05) is 13.8 Å². The van der Waals surface area contributed by atoms with Crippen LogP contribution in [0.3, 0.4) is 0 Å². The van der Waals surface area contributed by atoms with Gasteiger partial charge in [-0.15, -0.1) is 0 Å². The van der Waals surface area contributed by atoms with Gasteiger partial charge in [0.1, 0.15) is 5.82 Å². The minimum Gasteiger partial charge on any atom is -0.479 e. The largest absolute Gasteiger partial charge is 0.479 e. The van der Waals surface area contributed by atoms with Gasteiger partial charge in [0, 0.05) is 40.1 Å². The Morgan fingerprint density at radius 1 is 1.42 bits per heavy atom. The molecule has 0 aliphatic carbocycles. The van der Waals surface area contributed by atoms with Crippen molar-refractivity contribution in [2.24, 2.45) is 0 Å². The topological polar surface area (TPSA) is 117 Å². The van der Waals surface area contributed by atoms with Gasteiger partial charge >= 0.3 is 5.97 Å². The number of nitriles is 1. The van der Waals surface area contributed by atoms with Gasteiger partial charge in [0.15, 0.2) is 11.2 Å². The Hall–Kier alpha value is -3.77. The minimum atomic E-state index is -1.24. The molecule has 36 heavy (non-hydrogen) atoms. The number of aryl methyl sites for hydroxylation is 1. The molecule has 2 N–H and O–H groups in total. The predicted octanol–water partition coefficient (Wildman–Crippen LogP) is 5.28. The zero-order chi connectivity index (χ0) is 25.8. The molecule has 0 unspecified atom stereocenters. The number of halogens is 1. The average Bonchev–Trinajstić information content (AvgIpc) is 3.42. The van der Waals surface area contributed by atoms with Gasteiger partial charge in [-0.3, -0.25) is 5.10 Å². The molecule has 0 amide bonds. The quantitative estimate of drug-likeness (QED) is 0.394. The molecule has 3 aromatic heterocycles. The fraction of sp³-hybridized carbons (Fsp3) is 0.407. The third-order valence-corrected chi connectivity index (χ3v) is 7.38. The Labute approximate surface area is 207 Å². The van der Waals surface area contributed by atoms with Gasteiger partial charge in [0.05, 0.1) is 29.9 Å². The second-order valence-electron chi connectivity index (χ2n) is 10.5. The Kier molecular flexibility index (Phi) is 5.60. The highest BCUT2D eigenvalue weighted by Crippen LogP contribution is 2.45. The summed E-state index contributed by atoms with van der Waals surface area (Å²) in [4.78, 5) is 16.7. The van der Waals surface area contributed by atoms with E-state index in [1.54, 1.807) is 32.2 Å². The van der Waals surface area contributed by atoms with Crippen molar-refractivity contribution in [3.05, 3.63) is 53.1 Å². The fourth-order valence-corrected chi connectivity index (χ4v) is 5.25. The molecule has 5 rings (SSSR count). The summed E-state index contributed by atoms with van der Waals surface area (Å²) in [6.07, 6.45) is 2.88. The summed E-state index contributed by atoms with van der Waals surface area (Å²) < 4.78 is 22.2. The van der Waals surface area contributed by atoms with Gasteiger partial charge in [0.2, 0.25) is 0 Å². The number of ether oxygens (including phenoxy) is 1. The van der Waals surface area contributed by atoms with E-state index < -0.39 is 17.0 Å². The number of aliphatic carboxylic acids is 1. The number of hydrogen-bond donors (Lipinski definition) is 2. The summed E-state index contributed by atoms with van der Waals surface area (Å²) in [5.74, 6) is -1.41. The van der Waals surface area contributed by atoms with Crippen molar-refractivity contribution >= 4 is 28.0 Å². The Morgan fingerprint density at radius 3 is 2.83 bits per heavy atom. The number of H-pyrrole nitrogens is 1. The van der Waals surface area contributed by atoms with Crippen molar-refractivity contribution in [1.29, 1.82) is 5.26 Å². The number of rotatable bonds is 5. The molecule has 0 saturated carbocycles. The summed E-state index contributed by atoms with van der Waals surface area (Å²) in [6, 6.07) is 9.29. The lowest BCUT2D eigenvalue weighted by molar-refractivity contribution is -0.170. The summed E-state index contributed by atoms with van der Waals surface area (Å²) in [5, 5.41) is 27.3. The monoisotopic (exact) mass is 489 g/mol. The molecule has 0 spiro atoms. The third kappa shape index (κ3) is 3.73. The first-order chi connectivity index (χ1) is 17.1. The van der Waals surface area contributed by atoms with Crippen molar-refractivity contribution in [2.45, 2.75) is 63.9 Å². The number of hydrogen-bond acceptors (Lipinski definition) is 5. The maximum Gasteiger partial charge on any atom is 0.335 e. The molecule has 2 atom stereocenters. The molecule has 1 fully saturated rings. The van der Waals surface area contributed by atoms with E-state index in [2.05, 4.69) is 20.8 Å². The lowest BCUT2D eigenvalue weighted by atomic mass is 9.78. The van der Waals surface area contributed by atoms with Crippen LogP contribution in [0.5, 0.6) is 0 Å². The maximum atomic E-state index is 14.2.